The van der Waals surface area contributed by atoms with Gasteiger partial charge in [0.25, 0.3) is 0 Å². The van der Waals surface area contributed by atoms with Gasteiger partial charge in [-0.2, -0.15) is 0 Å². The predicted octanol–water partition coefficient (Wildman–Crippen LogP) is 2.50. The number of carbonyl (C=O) groups excluding carboxylic acids is 2. The molecule has 3 rings (SSSR count). The number of ether oxygens (including phenoxy) is 1. The van der Waals surface area contributed by atoms with Gasteiger partial charge in [0.15, 0.2) is 0 Å². The number of aliphatic imine (C=N–C) groups is 1. The first-order valence-corrected chi connectivity index (χ1v) is 7.96. The summed E-state index contributed by atoms with van der Waals surface area (Å²) in [5.41, 5.74) is 1.32. The number of hydrogen-bond donors (Lipinski definition) is 0. The van der Waals surface area contributed by atoms with Crippen molar-refractivity contribution < 1.29 is 14.3 Å². The number of esters is 1. The molecule has 1 aromatic rings. The van der Waals surface area contributed by atoms with Crippen LogP contribution in [-0.2, 0) is 14.3 Å². The Labute approximate surface area is 126 Å². The van der Waals surface area contributed by atoms with Crippen molar-refractivity contribution in [3.8, 4) is 0 Å². The van der Waals surface area contributed by atoms with Gasteiger partial charge in [-0.3, -0.25) is 9.79 Å². The molecule has 0 saturated heterocycles. The average Bonchev–Trinajstić information content (AvgIpc) is 3.00. The third-order valence-electron chi connectivity index (χ3n) is 3.83. The molecule has 0 spiro atoms. The highest BCUT2D eigenvalue weighted by molar-refractivity contribution is 7.09. The number of ketones is 1. The molecule has 0 amide bonds. The van der Waals surface area contributed by atoms with Crippen molar-refractivity contribution in [3.05, 3.63) is 28.4 Å². The van der Waals surface area contributed by atoms with Gasteiger partial charge in [-0.15, -0.1) is 11.3 Å². The van der Waals surface area contributed by atoms with Crippen LogP contribution in [0.5, 0.6) is 0 Å². The summed E-state index contributed by atoms with van der Waals surface area (Å²) in [6.45, 7) is 2.07. The first kappa shape index (κ1) is 14.1. The first-order chi connectivity index (χ1) is 10.2. The number of carbonyl (C=O) groups is 2. The molecule has 1 aromatic heterocycles. The van der Waals surface area contributed by atoms with Crippen LogP contribution >= 0.6 is 11.3 Å². The molecule has 2 atom stereocenters. The molecule has 0 aromatic carbocycles. The zero-order chi connectivity index (χ0) is 14.8. The summed E-state index contributed by atoms with van der Waals surface area (Å²) in [7, 11) is 0. The smallest absolute Gasteiger partial charge is 0.336 e. The molecule has 6 heteroatoms. The van der Waals surface area contributed by atoms with Crippen molar-refractivity contribution in [2.75, 3.05) is 6.61 Å². The van der Waals surface area contributed by atoms with Gasteiger partial charge in [0.1, 0.15) is 10.8 Å². The van der Waals surface area contributed by atoms with Gasteiger partial charge < -0.3 is 4.74 Å². The highest BCUT2D eigenvalue weighted by Crippen LogP contribution is 2.41. The first-order valence-electron chi connectivity index (χ1n) is 7.08. The summed E-state index contributed by atoms with van der Waals surface area (Å²) < 4.78 is 5.11. The molecule has 110 valence electrons. The molecular weight excluding hydrogens is 288 g/mol. The molecule has 1 saturated carbocycles. The lowest BCUT2D eigenvalue weighted by Crippen LogP contribution is -2.38. The second-order valence-corrected chi connectivity index (χ2v) is 6.00. The maximum absolute atomic E-state index is 12.4. The Balaban J connectivity index is 2.04. The van der Waals surface area contributed by atoms with E-state index < -0.39 is 5.97 Å². The maximum Gasteiger partial charge on any atom is 0.336 e. The van der Waals surface area contributed by atoms with Crippen molar-refractivity contribution in [2.24, 2.45) is 10.9 Å². The van der Waals surface area contributed by atoms with Gasteiger partial charge in [0.2, 0.25) is 0 Å². The Kier molecular flexibility index (Phi) is 3.96. The van der Waals surface area contributed by atoms with Gasteiger partial charge in [-0.1, -0.05) is 0 Å². The maximum atomic E-state index is 12.4. The van der Waals surface area contributed by atoms with E-state index in [1.165, 1.54) is 11.3 Å². The van der Waals surface area contributed by atoms with Gasteiger partial charge in [0.05, 0.1) is 24.0 Å². The van der Waals surface area contributed by atoms with E-state index in [1.807, 2.05) is 5.38 Å². The van der Waals surface area contributed by atoms with E-state index in [4.69, 9.17) is 4.74 Å². The molecule has 2 unspecified atom stereocenters. The van der Waals surface area contributed by atoms with Crippen LogP contribution in [0, 0.1) is 5.92 Å². The Hall–Kier alpha value is -1.82. The van der Waals surface area contributed by atoms with E-state index in [-0.39, 0.29) is 17.6 Å². The van der Waals surface area contributed by atoms with Crippen LogP contribution in [0.2, 0.25) is 0 Å². The van der Waals surface area contributed by atoms with Crippen LogP contribution in [0.4, 0.5) is 0 Å². The topological polar surface area (TPSA) is 68.6 Å². The fourth-order valence-corrected chi connectivity index (χ4v) is 3.73. The van der Waals surface area contributed by atoms with Crippen molar-refractivity contribution >= 4 is 28.8 Å². The van der Waals surface area contributed by atoms with Gasteiger partial charge in [-0.25, -0.2) is 9.78 Å². The quantitative estimate of drug-likeness (QED) is 0.805. The Bertz CT molecular complexity index is 619. The van der Waals surface area contributed by atoms with Crippen LogP contribution in [0.25, 0.3) is 0 Å². The number of rotatable bonds is 3. The van der Waals surface area contributed by atoms with Crippen molar-refractivity contribution in [1.82, 2.24) is 4.98 Å². The van der Waals surface area contributed by atoms with Crippen LogP contribution < -0.4 is 0 Å². The fraction of sp³-hybridized carbons (Fsp3) is 0.467. The van der Waals surface area contributed by atoms with Crippen LogP contribution in [0.3, 0.4) is 0 Å². The highest BCUT2D eigenvalue weighted by atomic mass is 32.1. The second-order valence-electron chi connectivity index (χ2n) is 5.07. The molecule has 1 aliphatic carbocycles. The van der Waals surface area contributed by atoms with E-state index in [2.05, 4.69) is 9.98 Å². The predicted molar refractivity (Wildman–Crippen MR) is 79.4 cm³/mol. The summed E-state index contributed by atoms with van der Waals surface area (Å²) in [6.07, 6.45) is 5.45. The van der Waals surface area contributed by atoms with Crippen molar-refractivity contribution in [2.45, 2.75) is 32.1 Å². The van der Waals surface area contributed by atoms with Gasteiger partial charge >= 0.3 is 5.97 Å². The average molecular weight is 304 g/mol. The number of nitrogens with zero attached hydrogens (tertiary/aromatic N) is 2. The number of Topliss-reactive ketones (excluding diaryl/α,β-unsaturated/α-hetero) is 1. The second kappa shape index (κ2) is 5.89. The molecule has 0 N–H and O–H groups in total. The summed E-state index contributed by atoms with van der Waals surface area (Å²) >= 11 is 1.46. The Morgan fingerprint density at radius 3 is 3.00 bits per heavy atom. The van der Waals surface area contributed by atoms with Crippen LogP contribution in [0.15, 0.2) is 28.3 Å². The zero-order valence-corrected chi connectivity index (χ0v) is 12.6. The Morgan fingerprint density at radius 1 is 1.43 bits per heavy atom. The molecule has 2 aliphatic rings. The SMILES string of the molecule is CCOC(=O)C1=CN=C2CCCC(=O)C2C1c1nccs1. The van der Waals surface area contributed by atoms with E-state index in [1.54, 1.807) is 19.3 Å². The summed E-state index contributed by atoms with van der Waals surface area (Å²) in [6, 6.07) is 0. The lowest BCUT2D eigenvalue weighted by molar-refractivity contribution is -0.139. The minimum absolute atomic E-state index is 0.148. The monoisotopic (exact) mass is 304 g/mol. The fourth-order valence-electron chi connectivity index (χ4n) is 2.93. The van der Waals surface area contributed by atoms with Crippen molar-refractivity contribution in [1.29, 1.82) is 0 Å². The standard InChI is InChI=1S/C15H16N2O3S/c1-2-20-15(19)9-8-17-10-4-3-5-11(18)13(10)12(9)14-16-6-7-21-14/h6-8,12-13H,2-5H2,1H3. The molecule has 1 fully saturated rings. The molecule has 21 heavy (non-hydrogen) atoms. The van der Waals surface area contributed by atoms with Gasteiger partial charge in [0, 0.05) is 29.9 Å². The molecular formula is C15H16N2O3S. The normalized spacial score (nSPS) is 24.9. The summed E-state index contributed by atoms with van der Waals surface area (Å²) in [5, 5.41) is 2.64. The van der Waals surface area contributed by atoms with Gasteiger partial charge in [-0.05, 0) is 19.8 Å². The molecule has 0 bridgehead atoms. The molecule has 2 heterocycles. The summed E-state index contributed by atoms with van der Waals surface area (Å²) in [5.74, 6) is -0.951. The van der Waals surface area contributed by atoms with E-state index in [0.29, 0.717) is 18.6 Å². The molecule has 0 radical (unpaired) electrons. The van der Waals surface area contributed by atoms with E-state index in [0.717, 1.165) is 23.6 Å². The number of aromatic nitrogens is 1. The van der Waals surface area contributed by atoms with Crippen molar-refractivity contribution in [3.63, 3.8) is 0 Å². The Morgan fingerprint density at radius 2 is 2.29 bits per heavy atom. The van der Waals surface area contributed by atoms with Crippen LogP contribution in [0.1, 0.15) is 37.1 Å². The molecule has 1 aliphatic heterocycles. The number of fused-ring (bicyclic) bond motifs is 1. The minimum Gasteiger partial charge on any atom is -0.463 e. The van der Waals surface area contributed by atoms with Crippen LogP contribution in [-0.4, -0.2) is 29.1 Å². The third kappa shape index (κ3) is 2.55. The molecule has 5 nitrogen and oxygen atoms in total. The third-order valence-corrected chi connectivity index (χ3v) is 4.69. The van der Waals surface area contributed by atoms with E-state index >= 15 is 0 Å². The summed E-state index contributed by atoms with van der Waals surface area (Å²) in [4.78, 5) is 33.2. The zero-order valence-electron chi connectivity index (χ0n) is 11.7. The largest absolute Gasteiger partial charge is 0.463 e. The lowest BCUT2D eigenvalue weighted by atomic mass is 9.73. The minimum atomic E-state index is -0.404. The lowest BCUT2D eigenvalue weighted by Gasteiger charge is -2.32. The highest BCUT2D eigenvalue weighted by Gasteiger charge is 2.43. The number of thiazole rings is 1. The van der Waals surface area contributed by atoms with E-state index in [9.17, 15) is 9.59 Å². The number of hydrogen-bond acceptors (Lipinski definition) is 6.